The molecule has 0 bridgehead atoms. The number of imidazole rings is 1. The number of para-hydroxylation sites is 1. The summed E-state index contributed by atoms with van der Waals surface area (Å²) < 4.78 is 2.21. The van der Waals surface area contributed by atoms with Crippen LogP contribution in [0.3, 0.4) is 0 Å². The highest BCUT2D eigenvalue weighted by atomic mass is 15.1. The van der Waals surface area contributed by atoms with Gasteiger partial charge in [0.25, 0.3) is 0 Å². The zero-order valence-electron chi connectivity index (χ0n) is 12.1. The van der Waals surface area contributed by atoms with E-state index >= 15 is 0 Å². The van der Waals surface area contributed by atoms with E-state index in [0.717, 1.165) is 19.5 Å². The van der Waals surface area contributed by atoms with Crippen LogP contribution in [0.4, 0.5) is 5.69 Å². The van der Waals surface area contributed by atoms with Crippen LogP contribution >= 0.6 is 0 Å². The average molecular weight is 257 g/mol. The Labute approximate surface area is 115 Å². The number of nitrogens with one attached hydrogen (secondary N) is 1. The average Bonchev–Trinajstić information content (AvgIpc) is 2.84. The van der Waals surface area contributed by atoms with Gasteiger partial charge in [-0.3, -0.25) is 0 Å². The van der Waals surface area contributed by atoms with E-state index in [-0.39, 0.29) is 0 Å². The van der Waals surface area contributed by atoms with E-state index in [2.05, 4.69) is 59.9 Å². The molecule has 1 N–H and O–H groups in total. The minimum atomic E-state index is 0.532. The molecule has 2 aromatic rings. The number of anilines is 1. The summed E-state index contributed by atoms with van der Waals surface area (Å²) in [4.78, 5) is 4.23. The fourth-order valence-electron chi connectivity index (χ4n) is 2.28. The molecule has 102 valence electrons. The van der Waals surface area contributed by atoms with Crippen LogP contribution in [0, 0.1) is 0 Å². The minimum Gasteiger partial charge on any atom is -0.379 e. The van der Waals surface area contributed by atoms with Crippen molar-refractivity contribution in [3.05, 3.63) is 48.0 Å². The molecule has 0 atom stereocenters. The topological polar surface area (TPSA) is 29.9 Å². The van der Waals surface area contributed by atoms with Gasteiger partial charge in [0.2, 0.25) is 0 Å². The van der Waals surface area contributed by atoms with Crippen molar-refractivity contribution in [2.45, 2.75) is 46.2 Å². The van der Waals surface area contributed by atoms with Gasteiger partial charge in [0.05, 0.1) is 18.6 Å². The molecule has 1 aromatic carbocycles. The smallest absolute Gasteiger partial charge is 0.0948 e. The Kier molecular flexibility index (Phi) is 4.61. The predicted molar refractivity (Wildman–Crippen MR) is 80.4 cm³/mol. The lowest BCUT2D eigenvalue weighted by Gasteiger charge is -2.15. The number of aryl methyl sites for hydroxylation is 1. The van der Waals surface area contributed by atoms with Crippen molar-refractivity contribution < 1.29 is 0 Å². The Balaban J connectivity index is 2.08. The Morgan fingerprint density at radius 2 is 2.05 bits per heavy atom. The molecule has 0 aliphatic carbocycles. The lowest BCUT2D eigenvalue weighted by atomic mass is 10.0. The standard InChI is InChI=1S/C16H23N3/c1-4-9-19-12-17-10-14(19)11-18-16-8-6-5-7-15(16)13(2)3/h5-8,10,12-13,18H,4,9,11H2,1-3H3. The summed E-state index contributed by atoms with van der Waals surface area (Å²) in [6.45, 7) is 8.49. The van der Waals surface area contributed by atoms with Crippen molar-refractivity contribution >= 4 is 5.69 Å². The van der Waals surface area contributed by atoms with E-state index in [1.54, 1.807) is 0 Å². The number of hydrogen-bond donors (Lipinski definition) is 1. The van der Waals surface area contributed by atoms with Crippen LogP contribution in [-0.4, -0.2) is 9.55 Å². The molecule has 1 heterocycles. The van der Waals surface area contributed by atoms with E-state index in [1.807, 2.05) is 12.5 Å². The predicted octanol–water partition coefficient (Wildman–Crippen LogP) is 4.03. The molecule has 0 aliphatic rings. The second kappa shape index (κ2) is 6.41. The molecule has 0 saturated heterocycles. The first-order valence-electron chi connectivity index (χ1n) is 7.04. The highest BCUT2D eigenvalue weighted by Crippen LogP contribution is 2.24. The third-order valence-corrected chi connectivity index (χ3v) is 3.31. The summed E-state index contributed by atoms with van der Waals surface area (Å²) in [5.74, 6) is 0.532. The monoisotopic (exact) mass is 257 g/mol. The fraction of sp³-hybridized carbons (Fsp3) is 0.438. The first kappa shape index (κ1) is 13.7. The van der Waals surface area contributed by atoms with Gasteiger partial charge < -0.3 is 9.88 Å². The van der Waals surface area contributed by atoms with Gasteiger partial charge in [0, 0.05) is 18.4 Å². The molecule has 3 heteroatoms. The van der Waals surface area contributed by atoms with Gasteiger partial charge in [0.1, 0.15) is 0 Å². The van der Waals surface area contributed by atoms with E-state index < -0.39 is 0 Å². The van der Waals surface area contributed by atoms with Gasteiger partial charge in [-0.05, 0) is 24.0 Å². The highest BCUT2D eigenvalue weighted by Gasteiger charge is 2.06. The number of nitrogens with zero attached hydrogens (tertiary/aromatic N) is 2. The van der Waals surface area contributed by atoms with Crippen LogP contribution in [0.25, 0.3) is 0 Å². The molecule has 0 fully saturated rings. The third kappa shape index (κ3) is 3.37. The van der Waals surface area contributed by atoms with E-state index in [0.29, 0.717) is 5.92 Å². The fourth-order valence-corrected chi connectivity index (χ4v) is 2.28. The van der Waals surface area contributed by atoms with Crippen LogP contribution in [-0.2, 0) is 13.1 Å². The third-order valence-electron chi connectivity index (χ3n) is 3.31. The van der Waals surface area contributed by atoms with Crippen LogP contribution in [0.2, 0.25) is 0 Å². The Bertz CT molecular complexity index is 514. The lowest BCUT2D eigenvalue weighted by molar-refractivity contribution is 0.651. The van der Waals surface area contributed by atoms with E-state index in [4.69, 9.17) is 0 Å². The number of rotatable bonds is 6. The van der Waals surface area contributed by atoms with Crippen LogP contribution in [0.15, 0.2) is 36.8 Å². The molecule has 2 rings (SSSR count). The Hall–Kier alpha value is -1.77. The molecular formula is C16H23N3. The molecule has 1 aromatic heterocycles. The normalized spacial score (nSPS) is 10.9. The molecule has 3 nitrogen and oxygen atoms in total. The summed E-state index contributed by atoms with van der Waals surface area (Å²) in [5.41, 5.74) is 3.83. The number of aromatic nitrogens is 2. The maximum atomic E-state index is 4.23. The highest BCUT2D eigenvalue weighted by molar-refractivity contribution is 5.52. The zero-order valence-corrected chi connectivity index (χ0v) is 12.1. The second-order valence-corrected chi connectivity index (χ2v) is 5.17. The molecular weight excluding hydrogens is 234 g/mol. The van der Waals surface area contributed by atoms with Gasteiger partial charge in [-0.15, -0.1) is 0 Å². The summed E-state index contributed by atoms with van der Waals surface area (Å²) >= 11 is 0. The Morgan fingerprint density at radius 3 is 2.79 bits per heavy atom. The van der Waals surface area contributed by atoms with Gasteiger partial charge in [0.15, 0.2) is 0 Å². The first-order chi connectivity index (χ1) is 9.22. The number of hydrogen-bond acceptors (Lipinski definition) is 2. The molecule has 0 radical (unpaired) electrons. The van der Waals surface area contributed by atoms with Crippen LogP contribution in [0.5, 0.6) is 0 Å². The van der Waals surface area contributed by atoms with Crippen molar-refractivity contribution in [2.75, 3.05) is 5.32 Å². The minimum absolute atomic E-state index is 0.532. The van der Waals surface area contributed by atoms with Gasteiger partial charge in [-0.25, -0.2) is 4.98 Å². The van der Waals surface area contributed by atoms with Crippen molar-refractivity contribution in [3.8, 4) is 0 Å². The van der Waals surface area contributed by atoms with Crippen LogP contribution < -0.4 is 5.32 Å². The zero-order chi connectivity index (χ0) is 13.7. The van der Waals surface area contributed by atoms with Crippen molar-refractivity contribution in [1.29, 1.82) is 0 Å². The molecule has 19 heavy (non-hydrogen) atoms. The molecule has 0 unspecified atom stereocenters. The maximum Gasteiger partial charge on any atom is 0.0948 e. The summed E-state index contributed by atoms with van der Waals surface area (Å²) in [5, 5.41) is 3.53. The summed E-state index contributed by atoms with van der Waals surface area (Å²) in [7, 11) is 0. The Morgan fingerprint density at radius 1 is 1.26 bits per heavy atom. The quantitative estimate of drug-likeness (QED) is 0.846. The van der Waals surface area contributed by atoms with Crippen LogP contribution in [0.1, 0.15) is 44.4 Å². The summed E-state index contributed by atoms with van der Waals surface area (Å²) in [6.07, 6.45) is 4.99. The largest absolute Gasteiger partial charge is 0.379 e. The molecule has 0 aliphatic heterocycles. The van der Waals surface area contributed by atoms with Crippen molar-refractivity contribution in [2.24, 2.45) is 0 Å². The van der Waals surface area contributed by atoms with Crippen molar-refractivity contribution in [1.82, 2.24) is 9.55 Å². The van der Waals surface area contributed by atoms with Gasteiger partial charge >= 0.3 is 0 Å². The molecule has 0 spiro atoms. The van der Waals surface area contributed by atoms with Gasteiger partial charge in [-0.2, -0.15) is 0 Å². The maximum absolute atomic E-state index is 4.23. The van der Waals surface area contributed by atoms with E-state index in [1.165, 1.54) is 16.9 Å². The second-order valence-electron chi connectivity index (χ2n) is 5.17. The van der Waals surface area contributed by atoms with E-state index in [9.17, 15) is 0 Å². The number of benzene rings is 1. The summed E-state index contributed by atoms with van der Waals surface area (Å²) in [6, 6.07) is 8.52. The molecule has 0 saturated carbocycles. The first-order valence-corrected chi connectivity index (χ1v) is 7.04. The SMILES string of the molecule is CCCn1cncc1CNc1ccccc1C(C)C. The molecule has 0 amide bonds. The van der Waals surface area contributed by atoms with Crippen molar-refractivity contribution in [3.63, 3.8) is 0 Å². The van der Waals surface area contributed by atoms with Gasteiger partial charge in [-0.1, -0.05) is 39.0 Å². The lowest BCUT2D eigenvalue weighted by Crippen LogP contribution is -2.08.